The van der Waals surface area contributed by atoms with Crippen LogP contribution in [0, 0.1) is 5.92 Å². The number of fused-ring (bicyclic) bond motifs is 1. The Balaban J connectivity index is 1.71. The Hall–Kier alpha value is -2.46. The summed E-state index contributed by atoms with van der Waals surface area (Å²) in [6.45, 7) is 3.71. The highest BCUT2D eigenvalue weighted by atomic mass is 16.3. The molecule has 1 atom stereocenters. The van der Waals surface area contributed by atoms with Crippen LogP contribution >= 0.6 is 0 Å². The average Bonchev–Trinajstić information content (AvgIpc) is 3.05. The van der Waals surface area contributed by atoms with E-state index in [4.69, 9.17) is 15.1 Å². The fraction of sp³-hybridized carbons (Fsp3) is 0.300. The molecule has 1 aromatic heterocycles. The molecule has 2 N–H and O–H groups in total. The third-order valence-corrected chi connectivity index (χ3v) is 4.66. The first-order valence-corrected chi connectivity index (χ1v) is 8.49. The van der Waals surface area contributed by atoms with Gasteiger partial charge in [0.25, 0.3) is 0 Å². The SMILES string of the molecule is CC1CCCN=C1c1ccc2nc(-c3ccc(CN)cc3)oc2c1. The van der Waals surface area contributed by atoms with Crippen LogP contribution in [-0.4, -0.2) is 17.2 Å². The monoisotopic (exact) mass is 319 g/mol. The fourth-order valence-corrected chi connectivity index (χ4v) is 3.26. The second-order valence-corrected chi connectivity index (χ2v) is 6.41. The van der Waals surface area contributed by atoms with E-state index in [1.54, 1.807) is 0 Å². The van der Waals surface area contributed by atoms with Crippen LogP contribution in [0.1, 0.15) is 30.9 Å². The van der Waals surface area contributed by atoms with Crippen LogP contribution in [0.5, 0.6) is 0 Å². The predicted octanol–water partition coefficient (Wildman–Crippen LogP) is 4.17. The summed E-state index contributed by atoms with van der Waals surface area (Å²) in [4.78, 5) is 9.32. The molecule has 0 saturated heterocycles. The quantitative estimate of drug-likeness (QED) is 0.788. The molecule has 0 aliphatic carbocycles. The van der Waals surface area contributed by atoms with Crippen LogP contribution in [0.2, 0.25) is 0 Å². The first-order valence-electron chi connectivity index (χ1n) is 8.49. The maximum atomic E-state index is 6.00. The van der Waals surface area contributed by atoms with Crippen molar-refractivity contribution in [1.82, 2.24) is 4.98 Å². The molecule has 0 amide bonds. The molecule has 0 fully saturated rings. The van der Waals surface area contributed by atoms with Gasteiger partial charge in [-0.3, -0.25) is 4.99 Å². The van der Waals surface area contributed by atoms with Crippen molar-refractivity contribution in [2.24, 2.45) is 16.6 Å². The Labute approximate surface area is 141 Å². The third-order valence-electron chi connectivity index (χ3n) is 4.66. The Kier molecular flexibility index (Phi) is 3.90. The number of benzene rings is 2. The Morgan fingerprint density at radius 1 is 1.12 bits per heavy atom. The summed E-state index contributed by atoms with van der Waals surface area (Å²) in [6.07, 6.45) is 2.38. The second-order valence-electron chi connectivity index (χ2n) is 6.41. The summed E-state index contributed by atoms with van der Waals surface area (Å²) in [7, 11) is 0. The van der Waals surface area contributed by atoms with Gasteiger partial charge in [-0.1, -0.05) is 25.1 Å². The number of aliphatic imine (C=N–C) groups is 1. The minimum absolute atomic E-state index is 0.502. The number of nitrogens with two attached hydrogens (primary N) is 1. The first-order chi connectivity index (χ1) is 11.7. The molecule has 3 aromatic rings. The van der Waals surface area contributed by atoms with E-state index in [0.717, 1.165) is 34.3 Å². The molecule has 4 heteroatoms. The largest absolute Gasteiger partial charge is 0.436 e. The number of oxazole rings is 1. The molecule has 4 rings (SSSR count). The van der Waals surface area contributed by atoms with Crippen LogP contribution in [0.15, 0.2) is 51.9 Å². The molecule has 0 spiro atoms. The van der Waals surface area contributed by atoms with Crippen molar-refractivity contribution in [3.63, 3.8) is 0 Å². The summed E-state index contributed by atoms with van der Waals surface area (Å²) < 4.78 is 6.00. The minimum atomic E-state index is 0.502. The van der Waals surface area contributed by atoms with Gasteiger partial charge in [0.05, 0.1) is 0 Å². The standard InChI is InChI=1S/C20H21N3O/c1-13-3-2-10-22-19(13)16-8-9-17-18(11-16)24-20(23-17)15-6-4-14(12-21)5-7-15/h4-9,11,13H,2-3,10,12,21H2,1H3. The van der Waals surface area contributed by atoms with Gasteiger partial charge in [-0.2, -0.15) is 0 Å². The summed E-state index contributed by atoms with van der Waals surface area (Å²) in [5, 5.41) is 0. The van der Waals surface area contributed by atoms with E-state index < -0.39 is 0 Å². The molecule has 24 heavy (non-hydrogen) atoms. The Morgan fingerprint density at radius 3 is 2.67 bits per heavy atom. The third kappa shape index (κ3) is 2.74. The first kappa shape index (κ1) is 15.1. The van der Waals surface area contributed by atoms with Crippen molar-refractivity contribution in [1.29, 1.82) is 0 Å². The van der Waals surface area contributed by atoms with Gasteiger partial charge >= 0.3 is 0 Å². The van der Waals surface area contributed by atoms with Gasteiger partial charge in [0.1, 0.15) is 5.52 Å². The van der Waals surface area contributed by atoms with E-state index in [9.17, 15) is 0 Å². The second kappa shape index (κ2) is 6.21. The molecule has 4 nitrogen and oxygen atoms in total. The van der Waals surface area contributed by atoms with Gasteiger partial charge in [0, 0.05) is 24.4 Å². The Bertz CT molecular complexity index is 893. The van der Waals surface area contributed by atoms with Crippen molar-refractivity contribution < 1.29 is 4.42 Å². The number of nitrogens with zero attached hydrogens (tertiary/aromatic N) is 2. The van der Waals surface area contributed by atoms with Crippen LogP contribution < -0.4 is 5.73 Å². The van der Waals surface area contributed by atoms with Gasteiger partial charge in [-0.15, -0.1) is 0 Å². The summed E-state index contributed by atoms with van der Waals surface area (Å²) in [5.74, 6) is 1.15. The van der Waals surface area contributed by atoms with Gasteiger partial charge in [0.15, 0.2) is 5.58 Å². The van der Waals surface area contributed by atoms with Gasteiger partial charge in [-0.05, 0) is 54.2 Å². The Morgan fingerprint density at radius 2 is 1.92 bits per heavy atom. The van der Waals surface area contributed by atoms with E-state index in [-0.39, 0.29) is 0 Å². The zero-order valence-corrected chi connectivity index (χ0v) is 13.8. The van der Waals surface area contributed by atoms with E-state index in [2.05, 4.69) is 24.0 Å². The molecule has 0 bridgehead atoms. The van der Waals surface area contributed by atoms with Crippen molar-refractivity contribution >= 4 is 16.8 Å². The van der Waals surface area contributed by atoms with E-state index in [1.807, 2.05) is 30.3 Å². The summed E-state index contributed by atoms with van der Waals surface area (Å²) in [6, 6.07) is 14.2. The lowest BCUT2D eigenvalue weighted by Gasteiger charge is -2.19. The minimum Gasteiger partial charge on any atom is -0.436 e. The van der Waals surface area contributed by atoms with E-state index >= 15 is 0 Å². The lowest BCUT2D eigenvalue weighted by atomic mass is 9.91. The molecule has 1 aliphatic heterocycles. The number of hydrogen-bond acceptors (Lipinski definition) is 4. The van der Waals surface area contributed by atoms with Crippen LogP contribution in [0.4, 0.5) is 0 Å². The van der Waals surface area contributed by atoms with Crippen LogP contribution in [0.3, 0.4) is 0 Å². The highest BCUT2D eigenvalue weighted by Crippen LogP contribution is 2.27. The number of rotatable bonds is 3. The molecule has 2 heterocycles. The number of hydrogen-bond donors (Lipinski definition) is 1. The smallest absolute Gasteiger partial charge is 0.227 e. The average molecular weight is 319 g/mol. The zero-order chi connectivity index (χ0) is 16.5. The maximum absolute atomic E-state index is 6.00. The summed E-state index contributed by atoms with van der Waals surface area (Å²) in [5.41, 5.74) is 11.7. The lowest BCUT2D eigenvalue weighted by Crippen LogP contribution is -2.17. The lowest BCUT2D eigenvalue weighted by molar-refractivity contribution is 0.608. The maximum Gasteiger partial charge on any atom is 0.227 e. The topological polar surface area (TPSA) is 64.4 Å². The van der Waals surface area contributed by atoms with Gasteiger partial charge < -0.3 is 10.2 Å². The number of aromatic nitrogens is 1. The fourth-order valence-electron chi connectivity index (χ4n) is 3.26. The molecular weight excluding hydrogens is 298 g/mol. The highest BCUT2D eigenvalue weighted by Gasteiger charge is 2.18. The van der Waals surface area contributed by atoms with E-state index in [0.29, 0.717) is 18.4 Å². The van der Waals surface area contributed by atoms with Crippen molar-refractivity contribution in [3.05, 3.63) is 53.6 Å². The van der Waals surface area contributed by atoms with Crippen molar-refractivity contribution in [3.8, 4) is 11.5 Å². The molecule has 122 valence electrons. The molecule has 0 radical (unpaired) electrons. The summed E-state index contributed by atoms with van der Waals surface area (Å²) >= 11 is 0. The molecule has 2 aromatic carbocycles. The van der Waals surface area contributed by atoms with Crippen molar-refractivity contribution in [2.75, 3.05) is 6.54 Å². The molecule has 1 aliphatic rings. The van der Waals surface area contributed by atoms with Crippen LogP contribution in [-0.2, 0) is 6.54 Å². The van der Waals surface area contributed by atoms with Crippen molar-refractivity contribution in [2.45, 2.75) is 26.3 Å². The molecule has 0 saturated carbocycles. The van der Waals surface area contributed by atoms with Crippen LogP contribution in [0.25, 0.3) is 22.6 Å². The van der Waals surface area contributed by atoms with Gasteiger partial charge in [0.2, 0.25) is 5.89 Å². The van der Waals surface area contributed by atoms with Gasteiger partial charge in [-0.25, -0.2) is 4.98 Å². The normalized spacial score (nSPS) is 17.9. The zero-order valence-electron chi connectivity index (χ0n) is 13.8. The molecule has 1 unspecified atom stereocenters. The molecular formula is C20H21N3O. The highest BCUT2D eigenvalue weighted by molar-refractivity contribution is 6.04. The van der Waals surface area contributed by atoms with E-state index in [1.165, 1.54) is 18.6 Å². The predicted molar refractivity (Wildman–Crippen MR) is 97.1 cm³/mol.